The maximum Gasteiger partial charge on any atom is 0.246 e. The number of furan rings is 1. The van der Waals surface area contributed by atoms with Crippen LogP contribution in [0.3, 0.4) is 0 Å². The molecule has 2 aliphatic rings. The smallest absolute Gasteiger partial charge is 0.246 e. The molecule has 7 nitrogen and oxygen atoms in total. The van der Waals surface area contributed by atoms with Gasteiger partial charge in [0.15, 0.2) is 11.6 Å². The topological polar surface area (TPSA) is 65.7 Å². The molecule has 0 aliphatic carbocycles. The lowest BCUT2D eigenvalue weighted by atomic mass is 10.0. The SMILES string of the molecule is CC1CCCCN1c1ccc(N2CCN(C(=O)/C=C/c3ccco3)CC2)nn1. The zero-order valence-corrected chi connectivity index (χ0v) is 16.3. The molecule has 0 N–H and O–H groups in total. The lowest BCUT2D eigenvalue weighted by molar-refractivity contribution is -0.126. The first-order chi connectivity index (χ1) is 13.7. The van der Waals surface area contributed by atoms with Gasteiger partial charge >= 0.3 is 0 Å². The molecule has 7 heteroatoms. The fourth-order valence-corrected chi connectivity index (χ4v) is 3.88. The summed E-state index contributed by atoms with van der Waals surface area (Å²) in [5.41, 5.74) is 0. The number of aromatic nitrogens is 2. The van der Waals surface area contributed by atoms with Gasteiger partial charge in [0.05, 0.1) is 6.26 Å². The Morgan fingerprint density at radius 3 is 2.54 bits per heavy atom. The summed E-state index contributed by atoms with van der Waals surface area (Å²) in [7, 11) is 0. The quantitative estimate of drug-likeness (QED) is 0.759. The molecule has 4 rings (SSSR count). The number of amides is 1. The summed E-state index contributed by atoms with van der Waals surface area (Å²) in [4.78, 5) is 18.7. The minimum atomic E-state index is 0.0107. The van der Waals surface area contributed by atoms with Crippen molar-refractivity contribution >= 4 is 23.6 Å². The van der Waals surface area contributed by atoms with Gasteiger partial charge in [-0.2, -0.15) is 0 Å². The summed E-state index contributed by atoms with van der Waals surface area (Å²) >= 11 is 0. The first-order valence-electron chi connectivity index (χ1n) is 10.1. The minimum Gasteiger partial charge on any atom is -0.465 e. The summed E-state index contributed by atoms with van der Waals surface area (Å²) in [6, 6.07) is 8.29. The fourth-order valence-electron chi connectivity index (χ4n) is 3.88. The number of rotatable bonds is 4. The molecule has 0 spiro atoms. The van der Waals surface area contributed by atoms with Gasteiger partial charge in [-0.1, -0.05) is 0 Å². The van der Waals surface area contributed by atoms with E-state index in [1.54, 1.807) is 24.5 Å². The van der Waals surface area contributed by atoms with Crippen LogP contribution < -0.4 is 9.80 Å². The zero-order chi connectivity index (χ0) is 19.3. The van der Waals surface area contributed by atoms with Crippen LogP contribution in [0.4, 0.5) is 11.6 Å². The van der Waals surface area contributed by atoms with Gasteiger partial charge in [-0.05, 0) is 56.5 Å². The maximum atomic E-state index is 12.3. The minimum absolute atomic E-state index is 0.0107. The largest absolute Gasteiger partial charge is 0.465 e. The van der Waals surface area contributed by atoms with Gasteiger partial charge in [0.2, 0.25) is 5.91 Å². The number of nitrogens with zero attached hydrogens (tertiary/aromatic N) is 5. The molecule has 2 aromatic heterocycles. The Labute approximate surface area is 165 Å². The number of piperidine rings is 1. The average Bonchev–Trinajstić information content (AvgIpc) is 3.26. The highest BCUT2D eigenvalue weighted by atomic mass is 16.3. The highest BCUT2D eigenvalue weighted by Gasteiger charge is 2.23. The summed E-state index contributed by atoms with van der Waals surface area (Å²) in [5, 5.41) is 8.93. The van der Waals surface area contributed by atoms with E-state index in [-0.39, 0.29) is 5.91 Å². The normalized spacial score (nSPS) is 20.8. The molecule has 2 aromatic rings. The molecule has 0 saturated carbocycles. The molecule has 0 bridgehead atoms. The van der Waals surface area contributed by atoms with Gasteiger partial charge < -0.3 is 19.1 Å². The monoisotopic (exact) mass is 381 g/mol. The van der Waals surface area contributed by atoms with Gasteiger partial charge in [-0.3, -0.25) is 4.79 Å². The van der Waals surface area contributed by atoms with Crippen LogP contribution in [0.5, 0.6) is 0 Å². The molecule has 1 unspecified atom stereocenters. The molecule has 2 aliphatic heterocycles. The molecule has 148 valence electrons. The van der Waals surface area contributed by atoms with Crippen LogP contribution >= 0.6 is 0 Å². The average molecular weight is 381 g/mol. The molecule has 4 heterocycles. The number of carbonyl (C=O) groups is 1. The number of anilines is 2. The Bertz CT molecular complexity index is 795. The summed E-state index contributed by atoms with van der Waals surface area (Å²) in [5.74, 6) is 2.54. The number of carbonyl (C=O) groups excluding carboxylic acids is 1. The highest BCUT2D eigenvalue weighted by molar-refractivity contribution is 5.91. The molecular formula is C21H27N5O2. The predicted octanol–water partition coefficient (Wildman–Crippen LogP) is 2.81. The second-order valence-corrected chi connectivity index (χ2v) is 7.45. The molecule has 2 saturated heterocycles. The van der Waals surface area contributed by atoms with Crippen LogP contribution in [0.1, 0.15) is 31.9 Å². The third-order valence-electron chi connectivity index (χ3n) is 5.58. The van der Waals surface area contributed by atoms with Gasteiger partial charge in [0.25, 0.3) is 0 Å². The van der Waals surface area contributed by atoms with E-state index >= 15 is 0 Å². The summed E-state index contributed by atoms with van der Waals surface area (Å²) in [6.07, 6.45) is 8.61. The Morgan fingerprint density at radius 2 is 1.86 bits per heavy atom. The van der Waals surface area contributed by atoms with E-state index in [2.05, 4.69) is 39.1 Å². The van der Waals surface area contributed by atoms with Crippen molar-refractivity contribution in [3.8, 4) is 0 Å². The predicted molar refractivity (Wildman–Crippen MR) is 109 cm³/mol. The second kappa shape index (κ2) is 8.46. The van der Waals surface area contributed by atoms with E-state index in [0.717, 1.165) is 31.3 Å². The van der Waals surface area contributed by atoms with Crippen LogP contribution in [-0.2, 0) is 4.79 Å². The maximum absolute atomic E-state index is 12.3. The van der Waals surface area contributed by atoms with Crippen LogP contribution in [0, 0.1) is 0 Å². The number of hydrogen-bond acceptors (Lipinski definition) is 6. The zero-order valence-electron chi connectivity index (χ0n) is 16.3. The Balaban J connectivity index is 1.31. The van der Waals surface area contributed by atoms with Crippen LogP contribution in [0.25, 0.3) is 6.08 Å². The lowest BCUT2D eigenvalue weighted by Gasteiger charge is -2.36. The van der Waals surface area contributed by atoms with E-state index in [1.807, 2.05) is 11.0 Å². The molecule has 0 aromatic carbocycles. The van der Waals surface area contributed by atoms with Gasteiger partial charge in [-0.15, -0.1) is 10.2 Å². The van der Waals surface area contributed by atoms with E-state index in [0.29, 0.717) is 24.9 Å². The van der Waals surface area contributed by atoms with Crippen molar-refractivity contribution in [3.05, 3.63) is 42.4 Å². The van der Waals surface area contributed by atoms with Crippen molar-refractivity contribution in [1.82, 2.24) is 15.1 Å². The highest BCUT2D eigenvalue weighted by Crippen LogP contribution is 2.23. The van der Waals surface area contributed by atoms with Crippen molar-refractivity contribution < 1.29 is 9.21 Å². The Kier molecular flexibility index (Phi) is 5.60. The molecule has 0 radical (unpaired) electrons. The third kappa shape index (κ3) is 4.18. The van der Waals surface area contributed by atoms with Crippen LogP contribution in [0.15, 0.2) is 41.0 Å². The van der Waals surface area contributed by atoms with E-state index in [4.69, 9.17) is 4.42 Å². The second-order valence-electron chi connectivity index (χ2n) is 7.45. The lowest BCUT2D eigenvalue weighted by Crippen LogP contribution is -2.48. The third-order valence-corrected chi connectivity index (χ3v) is 5.58. The summed E-state index contributed by atoms with van der Waals surface area (Å²) in [6.45, 7) is 6.18. The van der Waals surface area contributed by atoms with Gasteiger partial charge in [0, 0.05) is 44.8 Å². The van der Waals surface area contributed by atoms with E-state index in [9.17, 15) is 4.79 Å². The Hall–Kier alpha value is -2.83. The summed E-state index contributed by atoms with van der Waals surface area (Å²) < 4.78 is 5.22. The molecule has 28 heavy (non-hydrogen) atoms. The van der Waals surface area contributed by atoms with Gasteiger partial charge in [-0.25, -0.2) is 0 Å². The molecule has 2 fully saturated rings. The Morgan fingerprint density at radius 1 is 1.07 bits per heavy atom. The van der Waals surface area contributed by atoms with Gasteiger partial charge in [0.1, 0.15) is 5.76 Å². The fraction of sp³-hybridized carbons (Fsp3) is 0.476. The van der Waals surface area contributed by atoms with Crippen molar-refractivity contribution in [3.63, 3.8) is 0 Å². The van der Waals surface area contributed by atoms with Crippen LogP contribution in [0.2, 0.25) is 0 Å². The number of hydrogen-bond donors (Lipinski definition) is 0. The molecule has 1 amide bonds. The standard InChI is InChI=1S/C21H27N5O2/c1-17-5-2-3-11-26(17)20-9-8-19(22-23-20)24-12-14-25(15-13-24)21(27)10-7-18-6-4-16-28-18/h4,6-10,16-17H,2-3,5,11-15H2,1H3/b10-7+. The van der Waals surface area contributed by atoms with Crippen LogP contribution in [-0.4, -0.2) is 59.8 Å². The van der Waals surface area contributed by atoms with Crippen molar-refractivity contribution in [2.24, 2.45) is 0 Å². The van der Waals surface area contributed by atoms with E-state index in [1.165, 1.54) is 19.3 Å². The molecular weight excluding hydrogens is 354 g/mol. The number of piperazine rings is 1. The van der Waals surface area contributed by atoms with Crippen molar-refractivity contribution in [2.45, 2.75) is 32.2 Å². The molecule has 1 atom stereocenters. The van der Waals surface area contributed by atoms with Crippen molar-refractivity contribution in [1.29, 1.82) is 0 Å². The first-order valence-corrected chi connectivity index (χ1v) is 10.1. The van der Waals surface area contributed by atoms with E-state index < -0.39 is 0 Å². The van der Waals surface area contributed by atoms with Crippen molar-refractivity contribution in [2.75, 3.05) is 42.5 Å². The first kappa shape index (κ1) is 18.5.